The van der Waals surface area contributed by atoms with Crippen molar-refractivity contribution in [3.05, 3.63) is 35.5 Å². The smallest absolute Gasteiger partial charge is 0.226 e. The Hall–Kier alpha value is -1.79. The quantitative estimate of drug-likeness (QED) is 0.883. The van der Waals surface area contributed by atoms with E-state index in [1.165, 1.54) is 11.3 Å². The van der Waals surface area contributed by atoms with Crippen LogP contribution in [0.2, 0.25) is 0 Å². The maximum absolute atomic E-state index is 11.8. The first-order valence-corrected chi connectivity index (χ1v) is 7.21. The Morgan fingerprint density at radius 2 is 2.35 bits per heavy atom. The lowest BCUT2D eigenvalue weighted by Crippen LogP contribution is -2.36. The lowest BCUT2D eigenvalue weighted by atomic mass is 10.3. The Bertz CT molecular complexity index is 557. The number of carbonyl (C=O) groups excluding carboxylic acids is 1. The molecule has 0 radical (unpaired) electrons. The number of pyridine rings is 1. The van der Waals surface area contributed by atoms with Gasteiger partial charge in [-0.3, -0.25) is 9.78 Å². The first-order chi connectivity index (χ1) is 9.69. The molecule has 2 aromatic heterocycles. The SMILES string of the molecule is COCC(C)NC(=O)Cc1csc(-c2ccccn2)n1. The third-order valence-corrected chi connectivity index (χ3v) is 3.52. The molecular weight excluding hydrogens is 274 g/mol. The van der Waals surface area contributed by atoms with Gasteiger partial charge in [0.15, 0.2) is 0 Å². The van der Waals surface area contributed by atoms with Crippen LogP contribution in [-0.2, 0) is 16.0 Å². The van der Waals surface area contributed by atoms with Gasteiger partial charge in [0.25, 0.3) is 0 Å². The number of nitrogens with one attached hydrogen (secondary N) is 1. The summed E-state index contributed by atoms with van der Waals surface area (Å²) in [6, 6.07) is 5.69. The number of ether oxygens (including phenoxy) is 1. The number of hydrogen-bond donors (Lipinski definition) is 1. The van der Waals surface area contributed by atoms with E-state index in [9.17, 15) is 4.79 Å². The first-order valence-electron chi connectivity index (χ1n) is 6.33. The van der Waals surface area contributed by atoms with Gasteiger partial charge in [0, 0.05) is 24.7 Å². The number of carbonyl (C=O) groups is 1. The highest BCUT2D eigenvalue weighted by atomic mass is 32.1. The molecule has 6 heteroatoms. The molecule has 1 amide bonds. The monoisotopic (exact) mass is 291 g/mol. The summed E-state index contributed by atoms with van der Waals surface area (Å²) >= 11 is 1.50. The van der Waals surface area contributed by atoms with Gasteiger partial charge in [-0.05, 0) is 19.1 Å². The normalized spacial score (nSPS) is 12.1. The van der Waals surface area contributed by atoms with Gasteiger partial charge in [-0.1, -0.05) is 6.07 Å². The maximum atomic E-state index is 11.8. The number of amides is 1. The molecule has 0 saturated heterocycles. The van der Waals surface area contributed by atoms with Crippen molar-refractivity contribution in [3.63, 3.8) is 0 Å². The van der Waals surface area contributed by atoms with Crippen LogP contribution in [0, 0.1) is 0 Å². The van der Waals surface area contributed by atoms with E-state index >= 15 is 0 Å². The second-order valence-corrected chi connectivity index (χ2v) is 5.32. The van der Waals surface area contributed by atoms with Crippen LogP contribution in [-0.4, -0.2) is 35.6 Å². The van der Waals surface area contributed by atoms with E-state index in [0.29, 0.717) is 6.61 Å². The molecular formula is C14H17N3O2S. The summed E-state index contributed by atoms with van der Waals surface area (Å²) in [6.45, 7) is 2.41. The Balaban J connectivity index is 1.95. The van der Waals surface area contributed by atoms with Crippen molar-refractivity contribution in [2.24, 2.45) is 0 Å². The highest BCUT2D eigenvalue weighted by Crippen LogP contribution is 2.21. The molecule has 0 aromatic carbocycles. The average molecular weight is 291 g/mol. The molecule has 2 aromatic rings. The van der Waals surface area contributed by atoms with Crippen LogP contribution in [0.15, 0.2) is 29.8 Å². The molecule has 0 fully saturated rings. The average Bonchev–Trinajstić information content (AvgIpc) is 2.88. The fourth-order valence-corrected chi connectivity index (χ4v) is 2.57. The molecule has 2 rings (SSSR count). The highest BCUT2D eigenvalue weighted by Gasteiger charge is 2.11. The second kappa shape index (κ2) is 7.12. The van der Waals surface area contributed by atoms with E-state index in [1.807, 2.05) is 30.5 Å². The van der Waals surface area contributed by atoms with Crippen molar-refractivity contribution in [2.45, 2.75) is 19.4 Å². The molecule has 2 heterocycles. The zero-order valence-electron chi connectivity index (χ0n) is 11.5. The highest BCUT2D eigenvalue weighted by molar-refractivity contribution is 7.13. The zero-order chi connectivity index (χ0) is 14.4. The molecule has 20 heavy (non-hydrogen) atoms. The second-order valence-electron chi connectivity index (χ2n) is 4.46. The predicted molar refractivity (Wildman–Crippen MR) is 78.5 cm³/mol. The third-order valence-electron chi connectivity index (χ3n) is 2.60. The Morgan fingerprint density at radius 1 is 1.50 bits per heavy atom. The third kappa shape index (κ3) is 4.11. The standard InChI is InChI=1S/C14H17N3O2S/c1-10(8-19-2)16-13(18)7-11-9-20-14(17-11)12-5-3-4-6-15-12/h3-6,9-10H,7-8H2,1-2H3,(H,16,18). The van der Waals surface area contributed by atoms with Crippen molar-refractivity contribution in [1.82, 2.24) is 15.3 Å². The van der Waals surface area contributed by atoms with Gasteiger partial charge in [-0.2, -0.15) is 0 Å². The molecule has 1 unspecified atom stereocenters. The molecule has 5 nitrogen and oxygen atoms in total. The zero-order valence-corrected chi connectivity index (χ0v) is 12.3. The lowest BCUT2D eigenvalue weighted by Gasteiger charge is -2.11. The van der Waals surface area contributed by atoms with Crippen molar-refractivity contribution in [3.8, 4) is 10.7 Å². The Labute approximate surface area is 122 Å². The lowest BCUT2D eigenvalue weighted by molar-refractivity contribution is -0.121. The minimum atomic E-state index is -0.0487. The summed E-state index contributed by atoms with van der Waals surface area (Å²) in [4.78, 5) is 20.5. The first kappa shape index (κ1) is 14.6. The number of methoxy groups -OCH3 is 1. The van der Waals surface area contributed by atoms with Gasteiger partial charge in [-0.25, -0.2) is 4.98 Å². The number of thiazole rings is 1. The molecule has 1 atom stereocenters. The van der Waals surface area contributed by atoms with Crippen LogP contribution < -0.4 is 5.32 Å². The molecule has 0 saturated carbocycles. The molecule has 106 valence electrons. The van der Waals surface area contributed by atoms with Crippen LogP contribution in [0.25, 0.3) is 10.7 Å². The summed E-state index contributed by atoms with van der Waals surface area (Å²) in [6.07, 6.45) is 2.01. The molecule has 0 bridgehead atoms. The van der Waals surface area contributed by atoms with E-state index in [0.717, 1.165) is 16.4 Å². The van der Waals surface area contributed by atoms with Crippen LogP contribution in [0.1, 0.15) is 12.6 Å². The van der Waals surface area contributed by atoms with E-state index in [1.54, 1.807) is 13.3 Å². The summed E-state index contributed by atoms with van der Waals surface area (Å²) in [7, 11) is 1.61. The fourth-order valence-electron chi connectivity index (χ4n) is 1.78. The molecule has 0 aliphatic rings. The molecule has 0 aliphatic carbocycles. The fraction of sp³-hybridized carbons (Fsp3) is 0.357. The van der Waals surface area contributed by atoms with Crippen LogP contribution >= 0.6 is 11.3 Å². The summed E-state index contributed by atoms with van der Waals surface area (Å²) in [5, 5.41) is 5.59. The topological polar surface area (TPSA) is 64.1 Å². The number of aromatic nitrogens is 2. The van der Waals surface area contributed by atoms with E-state index in [2.05, 4.69) is 15.3 Å². The van der Waals surface area contributed by atoms with Crippen molar-refractivity contribution in [1.29, 1.82) is 0 Å². The predicted octanol–water partition coefficient (Wildman–Crippen LogP) is 1.90. The van der Waals surface area contributed by atoms with Crippen LogP contribution in [0.4, 0.5) is 0 Å². The van der Waals surface area contributed by atoms with Crippen LogP contribution in [0.5, 0.6) is 0 Å². The van der Waals surface area contributed by atoms with Crippen molar-refractivity contribution in [2.75, 3.05) is 13.7 Å². The summed E-state index contributed by atoms with van der Waals surface area (Å²) in [5.74, 6) is -0.0487. The molecule has 1 N–H and O–H groups in total. The number of hydrogen-bond acceptors (Lipinski definition) is 5. The van der Waals surface area contributed by atoms with Gasteiger partial charge in [0.1, 0.15) is 5.01 Å². The number of rotatable bonds is 6. The minimum absolute atomic E-state index is 0.00129. The minimum Gasteiger partial charge on any atom is -0.383 e. The van der Waals surface area contributed by atoms with Gasteiger partial charge >= 0.3 is 0 Å². The van der Waals surface area contributed by atoms with Gasteiger partial charge in [-0.15, -0.1) is 11.3 Å². The van der Waals surface area contributed by atoms with Gasteiger partial charge in [0.2, 0.25) is 5.91 Å². The summed E-state index contributed by atoms with van der Waals surface area (Å²) in [5.41, 5.74) is 1.59. The van der Waals surface area contributed by atoms with Crippen molar-refractivity contribution < 1.29 is 9.53 Å². The largest absolute Gasteiger partial charge is 0.383 e. The maximum Gasteiger partial charge on any atom is 0.226 e. The van der Waals surface area contributed by atoms with E-state index in [4.69, 9.17) is 4.74 Å². The van der Waals surface area contributed by atoms with E-state index < -0.39 is 0 Å². The van der Waals surface area contributed by atoms with Gasteiger partial charge < -0.3 is 10.1 Å². The van der Waals surface area contributed by atoms with E-state index in [-0.39, 0.29) is 18.4 Å². The summed E-state index contributed by atoms with van der Waals surface area (Å²) < 4.78 is 4.98. The Morgan fingerprint density at radius 3 is 3.05 bits per heavy atom. The van der Waals surface area contributed by atoms with Crippen LogP contribution in [0.3, 0.4) is 0 Å². The molecule has 0 spiro atoms. The number of nitrogens with zero attached hydrogens (tertiary/aromatic N) is 2. The molecule has 0 aliphatic heterocycles. The van der Waals surface area contributed by atoms with Gasteiger partial charge in [0.05, 0.1) is 24.4 Å². The van der Waals surface area contributed by atoms with Crippen molar-refractivity contribution >= 4 is 17.2 Å². The Kier molecular flexibility index (Phi) is 5.20.